The minimum atomic E-state index is -0.693. The van der Waals surface area contributed by atoms with Gasteiger partial charge in [0.15, 0.2) is 6.10 Å². The van der Waals surface area contributed by atoms with Gasteiger partial charge in [0.25, 0.3) is 5.91 Å². The average Bonchev–Trinajstić information content (AvgIpc) is 2.71. The van der Waals surface area contributed by atoms with Gasteiger partial charge in [-0.15, -0.1) is 0 Å². The number of amides is 2. The van der Waals surface area contributed by atoms with Gasteiger partial charge in [0.2, 0.25) is 5.91 Å². The number of rotatable bonds is 8. The molecule has 0 heterocycles. The van der Waals surface area contributed by atoms with Crippen molar-refractivity contribution in [2.75, 3.05) is 0 Å². The minimum Gasteiger partial charge on any atom is -0.480 e. The van der Waals surface area contributed by atoms with Crippen LogP contribution in [0.15, 0.2) is 48.5 Å². The Labute approximate surface area is 171 Å². The summed E-state index contributed by atoms with van der Waals surface area (Å²) in [7, 11) is 0. The van der Waals surface area contributed by atoms with E-state index in [0.29, 0.717) is 23.1 Å². The van der Waals surface area contributed by atoms with Gasteiger partial charge in [-0.05, 0) is 48.1 Å². The number of nitrogens with one attached hydrogen (secondary N) is 2. The van der Waals surface area contributed by atoms with E-state index in [4.69, 9.17) is 16.3 Å². The quantitative estimate of drug-likeness (QED) is 0.643. The molecule has 0 aliphatic heterocycles. The Morgan fingerprint density at radius 1 is 1.00 bits per heavy atom. The maximum Gasteiger partial charge on any atom is 0.279 e. The second-order valence-corrected chi connectivity index (χ2v) is 7.14. The van der Waals surface area contributed by atoms with Gasteiger partial charge in [-0.2, -0.15) is 0 Å². The summed E-state index contributed by atoms with van der Waals surface area (Å²) in [5.41, 5.74) is 6.78. The molecule has 0 radical (unpaired) electrons. The smallest absolute Gasteiger partial charge is 0.279 e. The lowest BCUT2D eigenvalue weighted by molar-refractivity contribution is -0.133. The lowest BCUT2D eigenvalue weighted by Crippen LogP contribution is -2.48. The van der Waals surface area contributed by atoms with Crippen LogP contribution in [0.3, 0.4) is 0 Å². The molecule has 0 bridgehead atoms. The monoisotopic (exact) mass is 402 g/mol. The molecule has 2 aromatic carbocycles. The third-order valence-corrected chi connectivity index (χ3v) is 4.85. The molecule has 28 heavy (non-hydrogen) atoms. The second-order valence-electron chi connectivity index (χ2n) is 6.70. The van der Waals surface area contributed by atoms with Gasteiger partial charge in [-0.1, -0.05) is 62.7 Å². The van der Waals surface area contributed by atoms with Crippen molar-refractivity contribution < 1.29 is 14.3 Å². The van der Waals surface area contributed by atoms with Crippen LogP contribution in [0.4, 0.5) is 0 Å². The first-order chi connectivity index (χ1) is 13.4. The fourth-order valence-electron chi connectivity index (χ4n) is 2.73. The van der Waals surface area contributed by atoms with Crippen LogP contribution in [0.2, 0.25) is 5.02 Å². The van der Waals surface area contributed by atoms with Crippen LogP contribution in [0.25, 0.3) is 0 Å². The molecular formula is C22H27ClN2O3. The van der Waals surface area contributed by atoms with Crippen LogP contribution in [0.1, 0.15) is 50.7 Å². The molecule has 2 rings (SSSR count). The minimum absolute atomic E-state index is 0.145. The molecule has 2 unspecified atom stereocenters. The zero-order valence-electron chi connectivity index (χ0n) is 16.5. The Bertz CT molecular complexity index is 793. The fraction of sp³-hybridized carbons (Fsp3) is 0.364. The molecule has 0 aliphatic carbocycles. The van der Waals surface area contributed by atoms with Crippen molar-refractivity contribution in [3.05, 3.63) is 64.7 Å². The average molecular weight is 403 g/mol. The number of hydrogen-bond donors (Lipinski definition) is 2. The van der Waals surface area contributed by atoms with E-state index in [9.17, 15) is 9.59 Å². The molecule has 2 aromatic rings. The predicted molar refractivity (Wildman–Crippen MR) is 111 cm³/mol. The topological polar surface area (TPSA) is 67.4 Å². The number of carbonyl (C=O) groups is 2. The van der Waals surface area contributed by atoms with E-state index < -0.39 is 6.10 Å². The van der Waals surface area contributed by atoms with E-state index in [1.165, 1.54) is 0 Å². The van der Waals surface area contributed by atoms with Crippen LogP contribution in [-0.4, -0.2) is 17.9 Å². The molecule has 150 valence electrons. The van der Waals surface area contributed by atoms with Crippen molar-refractivity contribution >= 4 is 23.4 Å². The summed E-state index contributed by atoms with van der Waals surface area (Å²) in [6, 6.07) is 14.7. The molecule has 0 aliphatic rings. The highest BCUT2D eigenvalue weighted by molar-refractivity contribution is 6.30. The van der Waals surface area contributed by atoms with Crippen LogP contribution in [-0.2, 0) is 16.0 Å². The molecule has 0 spiro atoms. The molecule has 2 N–H and O–H groups in total. The number of halogens is 1. The highest BCUT2D eigenvalue weighted by atomic mass is 35.5. The highest BCUT2D eigenvalue weighted by Crippen LogP contribution is 2.29. The van der Waals surface area contributed by atoms with E-state index in [-0.39, 0.29) is 18.2 Å². The van der Waals surface area contributed by atoms with Crippen LogP contribution >= 0.6 is 11.6 Å². The van der Waals surface area contributed by atoms with Gasteiger partial charge < -0.3 is 4.74 Å². The molecule has 0 aromatic heterocycles. The lowest BCUT2D eigenvalue weighted by atomic mass is 9.98. The SMILES string of the molecule is CCC(Oc1ccccc1C(C)CC)C(=O)NNC(=O)Cc1ccc(Cl)cc1. The Morgan fingerprint density at radius 2 is 1.68 bits per heavy atom. The Kier molecular flexibility index (Phi) is 8.33. The van der Waals surface area contributed by atoms with Crippen molar-refractivity contribution in [2.45, 2.75) is 52.1 Å². The predicted octanol–water partition coefficient (Wildman–Crippen LogP) is 4.40. The van der Waals surface area contributed by atoms with Gasteiger partial charge >= 0.3 is 0 Å². The highest BCUT2D eigenvalue weighted by Gasteiger charge is 2.21. The summed E-state index contributed by atoms with van der Waals surface area (Å²) in [6.45, 7) is 6.10. The van der Waals surface area contributed by atoms with Gasteiger partial charge in [0, 0.05) is 5.02 Å². The summed E-state index contributed by atoms with van der Waals surface area (Å²) < 4.78 is 5.97. The first-order valence-corrected chi connectivity index (χ1v) is 9.91. The van der Waals surface area contributed by atoms with Gasteiger partial charge in [-0.25, -0.2) is 0 Å². The van der Waals surface area contributed by atoms with Crippen molar-refractivity contribution in [1.82, 2.24) is 10.9 Å². The summed E-state index contributed by atoms with van der Waals surface area (Å²) in [5.74, 6) is 0.332. The third-order valence-electron chi connectivity index (χ3n) is 4.60. The van der Waals surface area contributed by atoms with E-state index >= 15 is 0 Å². The van der Waals surface area contributed by atoms with Crippen molar-refractivity contribution in [3.63, 3.8) is 0 Å². The van der Waals surface area contributed by atoms with E-state index in [2.05, 4.69) is 24.7 Å². The third kappa shape index (κ3) is 6.27. The standard InChI is InChI=1S/C22H27ClN2O3/c1-4-15(3)18-8-6-7-9-20(18)28-19(5-2)22(27)25-24-21(26)14-16-10-12-17(23)13-11-16/h6-13,15,19H,4-5,14H2,1-3H3,(H,24,26)(H,25,27). The maximum atomic E-state index is 12.5. The molecule has 6 heteroatoms. The second kappa shape index (κ2) is 10.7. The first-order valence-electron chi connectivity index (χ1n) is 9.53. The first kappa shape index (κ1) is 21.8. The molecule has 0 fully saturated rings. The maximum absolute atomic E-state index is 12.5. The van der Waals surface area contributed by atoms with Gasteiger partial charge in [0.05, 0.1) is 6.42 Å². The van der Waals surface area contributed by atoms with Crippen LogP contribution in [0, 0.1) is 0 Å². The number of carbonyl (C=O) groups excluding carboxylic acids is 2. The van der Waals surface area contributed by atoms with Gasteiger partial charge in [-0.3, -0.25) is 20.4 Å². The number of hydrazine groups is 1. The van der Waals surface area contributed by atoms with E-state index in [1.54, 1.807) is 24.3 Å². The number of ether oxygens (including phenoxy) is 1. The number of hydrogen-bond acceptors (Lipinski definition) is 3. The van der Waals surface area contributed by atoms with E-state index in [0.717, 1.165) is 17.5 Å². The molecule has 0 saturated carbocycles. The van der Waals surface area contributed by atoms with Crippen LogP contribution in [0.5, 0.6) is 5.75 Å². The van der Waals surface area contributed by atoms with Crippen molar-refractivity contribution in [2.24, 2.45) is 0 Å². The summed E-state index contributed by atoms with van der Waals surface area (Å²) in [5, 5.41) is 0.609. The molecular weight excluding hydrogens is 376 g/mol. The Morgan fingerprint density at radius 3 is 2.32 bits per heavy atom. The molecule has 2 amide bonds. The fourth-order valence-corrected chi connectivity index (χ4v) is 2.86. The Hall–Kier alpha value is -2.53. The zero-order valence-corrected chi connectivity index (χ0v) is 17.3. The number of para-hydroxylation sites is 1. The molecule has 2 atom stereocenters. The van der Waals surface area contributed by atoms with Crippen LogP contribution < -0.4 is 15.6 Å². The number of benzene rings is 2. The molecule has 5 nitrogen and oxygen atoms in total. The van der Waals surface area contributed by atoms with E-state index in [1.807, 2.05) is 31.2 Å². The zero-order chi connectivity index (χ0) is 20.5. The lowest BCUT2D eigenvalue weighted by Gasteiger charge is -2.21. The molecule has 0 saturated heterocycles. The Balaban J connectivity index is 1.93. The van der Waals surface area contributed by atoms with Crippen molar-refractivity contribution in [1.29, 1.82) is 0 Å². The van der Waals surface area contributed by atoms with Gasteiger partial charge in [0.1, 0.15) is 5.75 Å². The summed E-state index contributed by atoms with van der Waals surface area (Å²) in [4.78, 5) is 24.5. The van der Waals surface area contributed by atoms with Crippen molar-refractivity contribution in [3.8, 4) is 5.75 Å². The normalized spacial score (nSPS) is 12.7. The largest absolute Gasteiger partial charge is 0.480 e. The summed E-state index contributed by atoms with van der Waals surface area (Å²) >= 11 is 5.84. The summed E-state index contributed by atoms with van der Waals surface area (Å²) in [6.07, 6.45) is 0.907.